The molecule has 0 saturated heterocycles. The number of hydrogen-bond acceptors (Lipinski definition) is 4. The van der Waals surface area contributed by atoms with Crippen LogP contribution in [0, 0.1) is 6.92 Å². The lowest BCUT2D eigenvalue weighted by atomic mass is 9.89. The van der Waals surface area contributed by atoms with Crippen molar-refractivity contribution in [1.29, 1.82) is 0 Å². The summed E-state index contributed by atoms with van der Waals surface area (Å²) in [6, 6.07) is 0.125. The molecule has 1 amide bonds. The Morgan fingerprint density at radius 2 is 2.43 bits per heavy atom. The molecule has 0 aromatic carbocycles. The third kappa shape index (κ3) is 1.93. The summed E-state index contributed by atoms with van der Waals surface area (Å²) >= 11 is 1.46. The second kappa shape index (κ2) is 3.67. The van der Waals surface area contributed by atoms with Crippen molar-refractivity contribution >= 4 is 17.2 Å². The van der Waals surface area contributed by atoms with Crippen molar-refractivity contribution in [2.75, 3.05) is 0 Å². The van der Waals surface area contributed by atoms with Gasteiger partial charge >= 0.3 is 0 Å². The molecule has 1 aliphatic carbocycles. The maximum absolute atomic E-state index is 11.5. The van der Waals surface area contributed by atoms with Crippen molar-refractivity contribution < 1.29 is 9.90 Å². The van der Waals surface area contributed by atoms with Crippen LogP contribution in [0.3, 0.4) is 0 Å². The van der Waals surface area contributed by atoms with E-state index in [4.69, 9.17) is 5.11 Å². The number of hydrogen-bond donors (Lipinski definition) is 2. The van der Waals surface area contributed by atoms with Gasteiger partial charge in [-0.3, -0.25) is 4.79 Å². The third-order valence-electron chi connectivity index (χ3n) is 2.30. The SMILES string of the molecule is Cc1nc(C(=O)NC2CC(O)C2)cs1. The number of rotatable bonds is 2. The highest BCUT2D eigenvalue weighted by Gasteiger charge is 2.28. The van der Waals surface area contributed by atoms with Gasteiger partial charge < -0.3 is 10.4 Å². The highest BCUT2D eigenvalue weighted by molar-refractivity contribution is 7.09. The molecule has 14 heavy (non-hydrogen) atoms. The van der Waals surface area contributed by atoms with E-state index in [0.29, 0.717) is 18.5 Å². The van der Waals surface area contributed by atoms with Crippen LogP contribution in [-0.4, -0.2) is 28.1 Å². The highest BCUT2D eigenvalue weighted by Crippen LogP contribution is 2.19. The van der Waals surface area contributed by atoms with Crippen molar-refractivity contribution in [3.63, 3.8) is 0 Å². The molecule has 2 rings (SSSR count). The van der Waals surface area contributed by atoms with Gasteiger partial charge in [-0.25, -0.2) is 4.98 Å². The summed E-state index contributed by atoms with van der Waals surface area (Å²) in [5.74, 6) is -0.133. The molecule has 0 spiro atoms. The first-order valence-electron chi connectivity index (χ1n) is 4.56. The van der Waals surface area contributed by atoms with Crippen LogP contribution < -0.4 is 5.32 Å². The Bertz CT molecular complexity index is 344. The van der Waals surface area contributed by atoms with Crippen LogP contribution in [0.15, 0.2) is 5.38 Å². The lowest BCUT2D eigenvalue weighted by Gasteiger charge is -2.31. The van der Waals surface area contributed by atoms with E-state index in [9.17, 15) is 4.79 Å². The van der Waals surface area contributed by atoms with Gasteiger partial charge in [0.2, 0.25) is 0 Å². The molecule has 0 radical (unpaired) electrons. The highest BCUT2D eigenvalue weighted by atomic mass is 32.1. The molecule has 0 atom stereocenters. The fraction of sp³-hybridized carbons (Fsp3) is 0.556. The fourth-order valence-electron chi connectivity index (χ4n) is 1.43. The number of nitrogens with zero attached hydrogens (tertiary/aromatic N) is 1. The lowest BCUT2D eigenvalue weighted by molar-refractivity contribution is 0.0561. The largest absolute Gasteiger partial charge is 0.393 e. The molecule has 4 nitrogen and oxygen atoms in total. The maximum atomic E-state index is 11.5. The van der Waals surface area contributed by atoms with E-state index in [1.54, 1.807) is 5.38 Å². The first-order valence-corrected chi connectivity index (χ1v) is 5.44. The van der Waals surface area contributed by atoms with Crippen LogP contribution in [0.5, 0.6) is 0 Å². The number of aliphatic hydroxyl groups is 1. The van der Waals surface area contributed by atoms with Gasteiger partial charge in [0, 0.05) is 11.4 Å². The predicted molar refractivity (Wildman–Crippen MR) is 53.3 cm³/mol. The number of amides is 1. The van der Waals surface area contributed by atoms with Crippen LogP contribution in [-0.2, 0) is 0 Å². The molecule has 1 aliphatic rings. The minimum absolute atomic E-state index is 0.125. The summed E-state index contributed by atoms with van der Waals surface area (Å²) in [7, 11) is 0. The Hall–Kier alpha value is -0.940. The zero-order chi connectivity index (χ0) is 10.1. The molecule has 1 saturated carbocycles. The number of aryl methyl sites for hydroxylation is 1. The fourth-order valence-corrected chi connectivity index (χ4v) is 2.03. The summed E-state index contributed by atoms with van der Waals surface area (Å²) in [6.45, 7) is 1.87. The van der Waals surface area contributed by atoms with E-state index in [1.165, 1.54) is 11.3 Å². The van der Waals surface area contributed by atoms with Crippen LogP contribution in [0.1, 0.15) is 28.3 Å². The van der Waals surface area contributed by atoms with Crippen molar-refractivity contribution in [3.05, 3.63) is 16.1 Å². The number of nitrogens with one attached hydrogen (secondary N) is 1. The summed E-state index contributed by atoms with van der Waals surface area (Å²) in [5.41, 5.74) is 0.480. The van der Waals surface area contributed by atoms with Crippen LogP contribution in [0.4, 0.5) is 0 Å². The quantitative estimate of drug-likeness (QED) is 0.758. The summed E-state index contributed by atoms with van der Waals surface area (Å²) in [5, 5.41) is 14.5. The Balaban J connectivity index is 1.90. The van der Waals surface area contributed by atoms with Crippen LogP contribution in [0.25, 0.3) is 0 Å². The first kappa shape index (κ1) is 9.61. The van der Waals surface area contributed by atoms with Gasteiger partial charge in [-0.1, -0.05) is 0 Å². The molecule has 0 unspecified atom stereocenters. The summed E-state index contributed by atoms with van der Waals surface area (Å²) in [6.07, 6.45) is 1.08. The Kier molecular flexibility index (Phi) is 2.52. The molecule has 2 N–H and O–H groups in total. The van der Waals surface area contributed by atoms with Gasteiger partial charge in [-0.05, 0) is 19.8 Å². The molecule has 1 fully saturated rings. The van der Waals surface area contributed by atoms with Gasteiger partial charge in [0.15, 0.2) is 0 Å². The van der Waals surface area contributed by atoms with E-state index in [-0.39, 0.29) is 18.1 Å². The number of carbonyl (C=O) groups is 1. The third-order valence-corrected chi connectivity index (χ3v) is 3.07. The molecular weight excluding hydrogens is 200 g/mol. The molecule has 76 valence electrons. The minimum Gasteiger partial charge on any atom is -0.393 e. The second-order valence-electron chi connectivity index (χ2n) is 3.55. The maximum Gasteiger partial charge on any atom is 0.270 e. The van der Waals surface area contributed by atoms with Gasteiger partial charge in [0.25, 0.3) is 5.91 Å². The van der Waals surface area contributed by atoms with E-state index in [1.807, 2.05) is 6.92 Å². The summed E-state index contributed by atoms with van der Waals surface area (Å²) in [4.78, 5) is 15.6. The molecule has 5 heteroatoms. The van der Waals surface area contributed by atoms with Gasteiger partial charge in [0.1, 0.15) is 5.69 Å². The van der Waals surface area contributed by atoms with E-state index >= 15 is 0 Å². The van der Waals surface area contributed by atoms with Crippen molar-refractivity contribution in [2.24, 2.45) is 0 Å². The number of aliphatic hydroxyl groups excluding tert-OH is 1. The molecule has 1 heterocycles. The van der Waals surface area contributed by atoms with Crippen molar-refractivity contribution in [3.8, 4) is 0 Å². The Labute approximate surface area is 86.0 Å². The molecule has 1 aromatic rings. The zero-order valence-electron chi connectivity index (χ0n) is 7.86. The molecule has 0 aliphatic heterocycles. The Morgan fingerprint density at radius 1 is 1.71 bits per heavy atom. The van der Waals surface area contributed by atoms with Crippen molar-refractivity contribution in [1.82, 2.24) is 10.3 Å². The molecule has 1 aromatic heterocycles. The van der Waals surface area contributed by atoms with E-state index < -0.39 is 0 Å². The van der Waals surface area contributed by atoms with E-state index in [2.05, 4.69) is 10.3 Å². The number of carbonyl (C=O) groups excluding carboxylic acids is 1. The minimum atomic E-state index is -0.238. The lowest BCUT2D eigenvalue weighted by Crippen LogP contribution is -2.46. The number of aromatic nitrogens is 1. The Morgan fingerprint density at radius 3 is 2.93 bits per heavy atom. The second-order valence-corrected chi connectivity index (χ2v) is 4.61. The van der Waals surface area contributed by atoms with E-state index in [0.717, 1.165) is 5.01 Å². The monoisotopic (exact) mass is 212 g/mol. The van der Waals surface area contributed by atoms with Crippen LogP contribution in [0.2, 0.25) is 0 Å². The zero-order valence-corrected chi connectivity index (χ0v) is 8.67. The van der Waals surface area contributed by atoms with Gasteiger partial charge in [-0.2, -0.15) is 0 Å². The predicted octanol–water partition coefficient (Wildman–Crippen LogP) is 0.705. The normalized spacial score (nSPS) is 25.6. The molecule has 0 bridgehead atoms. The topological polar surface area (TPSA) is 62.2 Å². The van der Waals surface area contributed by atoms with Gasteiger partial charge in [0.05, 0.1) is 11.1 Å². The van der Waals surface area contributed by atoms with Crippen LogP contribution >= 0.6 is 11.3 Å². The molecular formula is C9H12N2O2S. The smallest absolute Gasteiger partial charge is 0.270 e. The summed E-state index contributed by atoms with van der Waals surface area (Å²) < 4.78 is 0. The average molecular weight is 212 g/mol. The average Bonchev–Trinajstić information content (AvgIpc) is 2.49. The van der Waals surface area contributed by atoms with Crippen molar-refractivity contribution in [2.45, 2.75) is 31.9 Å². The standard InChI is InChI=1S/C9H12N2O2S/c1-5-10-8(4-14-5)9(13)11-6-2-7(12)3-6/h4,6-7,12H,2-3H2,1H3,(H,11,13). The number of thiazole rings is 1. The first-order chi connectivity index (χ1) is 6.65. The van der Waals surface area contributed by atoms with Gasteiger partial charge in [-0.15, -0.1) is 11.3 Å².